The molecule has 0 aromatic heterocycles. The molecule has 1 N–H and O–H groups in total. The van der Waals surface area contributed by atoms with Crippen LogP contribution in [0, 0.1) is 5.41 Å². The number of carbonyl (C=O) groups excluding carboxylic acids is 1. The van der Waals surface area contributed by atoms with Crippen LogP contribution in [0.25, 0.3) is 0 Å². The Hall–Kier alpha value is -0.000000000000000111. The van der Waals surface area contributed by atoms with E-state index in [9.17, 15) is 4.79 Å². The molecule has 0 amide bonds. The third kappa shape index (κ3) is 4.64. The second-order valence-corrected chi connectivity index (χ2v) is 6.17. The fourth-order valence-electron chi connectivity index (χ4n) is 1.46. The van der Waals surface area contributed by atoms with Gasteiger partial charge in [0.05, 0.1) is 12.4 Å². The van der Waals surface area contributed by atoms with Gasteiger partial charge in [0.2, 0.25) is 0 Å². The minimum atomic E-state index is -0.273. The van der Waals surface area contributed by atoms with E-state index >= 15 is 0 Å². The summed E-state index contributed by atoms with van der Waals surface area (Å²) >= 11 is 1.73. The third-order valence-corrected chi connectivity index (χ3v) is 4.07. The Morgan fingerprint density at radius 2 is 2.06 bits per heavy atom. The number of thioether (sulfide) groups is 1. The zero-order valence-corrected chi connectivity index (χ0v) is 13.5. The molecule has 100 valence electrons. The first kappa shape index (κ1) is 17.0. The van der Waals surface area contributed by atoms with Crippen LogP contribution in [0.3, 0.4) is 0 Å². The zero-order valence-electron chi connectivity index (χ0n) is 10.9. The van der Waals surface area contributed by atoms with E-state index in [-0.39, 0.29) is 34.8 Å². The summed E-state index contributed by atoms with van der Waals surface area (Å²) in [6, 6.07) is 0. The maximum absolute atomic E-state index is 11.9. The monoisotopic (exact) mass is 323 g/mol. The Kier molecular flexibility index (Phi) is 6.81. The van der Waals surface area contributed by atoms with Gasteiger partial charge in [-0.15, -0.1) is 28.7 Å². The minimum Gasteiger partial charge on any atom is -0.396 e. The molecule has 0 aromatic rings. The van der Waals surface area contributed by atoms with Crippen LogP contribution in [0.4, 0.5) is 0 Å². The van der Waals surface area contributed by atoms with E-state index < -0.39 is 0 Å². The van der Waals surface area contributed by atoms with Crippen LogP contribution >= 0.6 is 28.7 Å². The largest absolute Gasteiger partial charge is 0.396 e. The summed E-state index contributed by atoms with van der Waals surface area (Å²) in [6.45, 7) is 8.55. The molecule has 5 heteroatoms. The number of halogens is 1. The summed E-state index contributed by atoms with van der Waals surface area (Å²) in [7, 11) is 0. The molecule has 0 spiro atoms. The van der Waals surface area contributed by atoms with Gasteiger partial charge >= 0.3 is 0 Å². The third-order valence-electron chi connectivity index (χ3n) is 2.78. The van der Waals surface area contributed by atoms with E-state index in [2.05, 4.69) is 4.90 Å². The van der Waals surface area contributed by atoms with Crippen LogP contribution in [0.15, 0.2) is 10.6 Å². The molecule has 1 aliphatic rings. The highest BCUT2D eigenvalue weighted by Crippen LogP contribution is 2.34. The summed E-state index contributed by atoms with van der Waals surface area (Å²) in [6.07, 6.45) is 0.705. The number of aliphatic hydroxyl groups excluding tert-OH is 1. The van der Waals surface area contributed by atoms with Gasteiger partial charge in [-0.1, -0.05) is 20.8 Å². The fraction of sp³-hybridized carbons (Fsp3) is 0.750. The first-order chi connectivity index (χ1) is 7.36. The standard InChI is InChI=1S/C12H21NO2S.BrH/c1-9-10(5-6-14)16-8-13(9)7-11(15)12(2,3)4;/h14H,5-8H2,1-4H3;1H. The predicted molar refractivity (Wildman–Crippen MR) is 78.4 cm³/mol. The van der Waals surface area contributed by atoms with Crippen molar-refractivity contribution in [2.24, 2.45) is 5.41 Å². The van der Waals surface area contributed by atoms with Crippen LogP contribution < -0.4 is 0 Å². The van der Waals surface area contributed by atoms with Crippen molar-refractivity contribution in [3.63, 3.8) is 0 Å². The lowest BCUT2D eigenvalue weighted by molar-refractivity contribution is -0.126. The Morgan fingerprint density at radius 1 is 1.47 bits per heavy atom. The van der Waals surface area contributed by atoms with Crippen molar-refractivity contribution >= 4 is 34.5 Å². The average molecular weight is 324 g/mol. The second kappa shape index (κ2) is 6.81. The first-order valence-corrected chi connectivity index (χ1v) is 6.56. The molecular formula is C12H22BrNO2S. The second-order valence-electron chi connectivity index (χ2n) is 5.13. The van der Waals surface area contributed by atoms with Crippen molar-refractivity contribution in [1.29, 1.82) is 0 Å². The van der Waals surface area contributed by atoms with Crippen LogP contribution in [-0.4, -0.2) is 34.8 Å². The Morgan fingerprint density at radius 3 is 2.53 bits per heavy atom. The number of carbonyl (C=O) groups is 1. The Bertz CT molecular complexity index is 310. The number of hydrogen-bond donors (Lipinski definition) is 1. The van der Waals surface area contributed by atoms with Crippen molar-refractivity contribution in [2.75, 3.05) is 19.0 Å². The molecule has 17 heavy (non-hydrogen) atoms. The number of aliphatic hydroxyl groups is 1. The lowest BCUT2D eigenvalue weighted by Crippen LogP contribution is -2.33. The van der Waals surface area contributed by atoms with Gasteiger partial charge in [-0.2, -0.15) is 0 Å². The zero-order chi connectivity index (χ0) is 12.3. The number of Topliss-reactive ketones (excluding diaryl/α,β-unsaturated/α-hetero) is 1. The van der Waals surface area contributed by atoms with Gasteiger partial charge in [-0.3, -0.25) is 4.79 Å². The molecule has 0 unspecified atom stereocenters. The lowest BCUT2D eigenvalue weighted by Gasteiger charge is -2.24. The average Bonchev–Trinajstić information content (AvgIpc) is 2.49. The number of ketones is 1. The molecule has 1 aliphatic heterocycles. The summed E-state index contributed by atoms with van der Waals surface area (Å²) in [4.78, 5) is 15.2. The van der Waals surface area contributed by atoms with Crippen molar-refractivity contribution in [1.82, 2.24) is 4.90 Å². The molecule has 0 atom stereocenters. The first-order valence-electron chi connectivity index (χ1n) is 5.58. The van der Waals surface area contributed by atoms with E-state index in [1.54, 1.807) is 11.8 Å². The van der Waals surface area contributed by atoms with Crippen LogP contribution in [0.5, 0.6) is 0 Å². The molecular weight excluding hydrogens is 302 g/mol. The van der Waals surface area contributed by atoms with E-state index in [1.807, 2.05) is 27.7 Å². The Balaban J connectivity index is 0.00000256. The van der Waals surface area contributed by atoms with E-state index in [0.717, 1.165) is 11.6 Å². The number of nitrogens with zero attached hydrogens (tertiary/aromatic N) is 1. The highest BCUT2D eigenvalue weighted by Gasteiger charge is 2.27. The molecule has 0 aliphatic carbocycles. The maximum atomic E-state index is 11.9. The van der Waals surface area contributed by atoms with Gasteiger partial charge in [-0.25, -0.2) is 0 Å². The molecule has 1 rings (SSSR count). The summed E-state index contributed by atoms with van der Waals surface area (Å²) in [5, 5.41) is 8.91. The smallest absolute Gasteiger partial charge is 0.157 e. The minimum absolute atomic E-state index is 0. The molecule has 3 nitrogen and oxygen atoms in total. The number of allylic oxidation sites excluding steroid dienone is 1. The summed E-state index contributed by atoms with van der Waals surface area (Å²) in [5.74, 6) is 1.10. The van der Waals surface area contributed by atoms with Crippen LogP contribution in [0.2, 0.25) is 0 Å². The van der Waals surface area contributed by atoms with Gasteiger partial charge in [0, 0.05) is 29.0 Å². The molecule has 1 heterocycles. The fourth-order valence-corrected chi connectivity index (χ4v) is 2.63. The number of hydrogen-bond acceptors (Lipinski definition) is 4. The quantitative estimate of drug-likeness (QED) is 0.863. The van der Waals surface area contributed by atoms with Gasteiger partial charge in [-0.05, 0) is 6.92 Å². The van der Waals surface area contributed by atoms with Crippen LogP contribution in [0.1, 0.15) is 34.1 Å². The Labute approximate surface area is 118 Å². The molecule has 0 fully saturated rings. The van der Waals surface area contributed by atoms with E-state index in [1.165, 1.54) is 4.91 Å². The van der Waals surface area contributed by atoms with Gasteiger partial charge in [0.25, 0.3) is 0 Å². The van der Waals surface area contributed by atoms with Crippen molar-refractivity contribution in [2.45, 2.75) is 34.1 Å². The summed E-state index contributed by atoms with van der Waals surface area (Å²) < 4.78 is 0. The van der Waals surface area contributed by atoms with Crippen molar-refractivity contribution < 1.29 is 9.90 Å². The molecule has 0 radical (unpaired) electrons. The topological polar surface area (TPSA) is 40.5 Å². The normalized spacial score (nSPS) is 16.2. The maximum Gasteiger partial charge on any atom is 0.157 e. The highest BCUT2D eigenvalue weighted by molar-refractivity contribution is 8.93. The van der Waals surface area contributed by atoms with Crippen LogP contribution in [-0.2, 0) is 4.79 Å². The van der Waals surface area contributed by atoms with Gasteiger partial charge in [0.15, 0.2) is 5.78 Å². The van der Waals surface area contributed by atoms with Gasteiger partial charge in [0.1, 0.15) is 0 Å². The molecule has 0 aromatic carbocycles. The van der Waals surface area contributed by atoms with Crippen molar-refractivity contribution in [3.8, 4) is 0 Å². The van der Waals surface area contributed by atoms with Gasteiger partial charge < -0.3 is 10.0 Å². The van der Waals surface area contributed by atoms with E-state index in [0.29, 0.717) is 13.0 Å². The van der Waals surface area contributed by atoms with E-state index in [4.69, 9.17) is 5.11 Å². The highest BCUT2D eigenvalue weighted by atomic mass is 79.9. The molecule has 0 saturated heterocycles. The molecule has 0 bridgehead atoms. The molecule has 0 saturated carbocycles. The van der Waals surface area contributed by atoms with Crippen molar-refractivity contribution in [3.05, 3.63) is 10.6 Å². The predicted octanol–water partition coefficient (Wildman–Crippen LogP) is 2.80. The SMILES string of the molecule is Br.CC1=C(CCO)SCN1CC(=O)C(C)(C)C. The lowest BCUT2D eigenvalue weighted by atomic mass is 9.90. The summed E-state index contributed by atoms with van der Waals surface area (Å²) in [5.41, 5.74) is 0.877. The number of rotatable bonds is 4.